The molecule has 0 saturated carbocycles. The fourth-order valence-electron chi connectivity index (χ4n) is 2.29. The lowest BCUT2D eigenvalue weighted by molar-refractivity contribution is -0.861. The zero-order chi connectivity index (χ0) is 9.47. The summed E-state index contributed by atoms with van der Waals surface area (Å²) in [5.41, 5.74) is 0. The minimum Gasteiger partial charge on any atom is -0.633 e. The van der Waals surface area contributed by atoms with Crippen molar-refractivity contribution in [3.63, 3.8) is 0 Å². The van der Waals surface area contributed by atoms with Crippen LogP contribution in [-0.4, -0.2) is 42.6 Å². The molecule has 2 fully saturated rings. The molecule has 13 heavy (non-hydrogen) atoms. The van der Waals surface area contributed by atoms with Crippen molar-refractivity contribution in [1.82, 2.24) is 5.32 Å². The Hall–Kier alpha value is -0.390. The maximum atomic E-state index is 11.8. The molecule has 0 aromatic carbocycles. The minimum atomic E-state index is -0.0678. The Kier molecular flexibility index (Phi) is 2.17. The van der Waals surface area contributed by atoms with Crippen molar-refractivity contribution in [3.05, 3.63) is 5.21 Å². The average molecular weight is 202 g/mol. The maximum Gasteiger partial charge on any atom is 0.256 e. The SMILES string of the molecule is CNC(=S)OC1C[N+]2([O-])CCC1C2. The molecule has 2 bridgehead atoms. The molecule has 0 aromatic heterocycles. The van der Waals surface area contributed by atoms with Crippen molar-refractivity contribution in [1.29, 1.82) is 0 Å². The Morgan fingerprint density at radius 3 is 2.85 bits per heavy atom. The number of hydroxylamine groups is 3. The van der Waals surface area contributed by atoms with Gasteiger partial charge in [-0.1, -0.05) is 0 Å². The van der Waals surface area contributed by atoms with Gasteiger partial charge in [-0.3, -0.25) is 0 Å². The number of hydrogen-bond acceptors (Lipinski definition) is 3. The number of rotatable bonds is 1. The second kappa shape index (κ2) is 3.08. The fourth-order valence-corrected chi connectivity index (χ4v) is 2.41. The van der Waals surface area contributed by atoms with E-state index in [1.54, 1.807) is 7.05 Å². The van der Waals surface area contributed by atoms with E-state index in [1.807, 2.05) is 0 Å². The molecular formula is C8H14N2O2S. The van der Waals surface area contributed by atoms with Crippen LogP contribution in [0, 0.1) is 11.1 Å². The Balaban J connectivity index is 1.94. The highest BCUT2D eigenvalue weighted by atomic mass is 32.1. The van der Waals surface area contributed by atoms with Crippen LogP contribution in [0.25, 0.3) is 0 Å². The quantitative estimate of drug-likeness (QED) is 0.375. The molecule has 2 heterocycles. The van der Waals surface area contributed by atoms with Crippen LogP contribution in [0.4, 0.5) is 0 Å². The first-order valence-electron chi connectivity index (χ1n) is 4.58. The van der Waals surface area contributed by atoms with Gasteiger partial charge in [0.2, 0.25) is 0 Å². The van der Waals surface area contributed by atoms with Gasteiger partial charge < -0.3 is 19.9 Å². The standard InChI is InChI=1S/C8H14N2O2S/c1-9-8(13)12-7-5-10(11)3-2-6(7)4-10/h6-7H,2-5H2,1H3,(H,9,13). The summed E-state index contributed by atoms with van der Waals surface area (Å²) < 4.78 is 5.40. The molecule has 5 heteroatoms. The first-order chi connectivity index (χ1) is 6.13. The molecule has 3 unspecified atom stereocenters. The van der Waals surface area contributed by atoms with Crippen molar-refractivity contribution in [2.24, 2.45) is 5.92 Å². The van der Waals surface area contributed by atoms with E-state index in [-0.39, 0.29) is 10.8 Å². The van der Waals surface area contributed by atoms with Crippen LogP contribution < -0.4 is 5.32 Å². The van der Waals surface area contributed by atoms with Crippen molar-refractivity contribution in [3.8, 4) is 0 Å². The third-order valence-electron chi connectivity index (χ3n) is 2.98. The van der Waals surface area contributed by atoms with Gasteiger partial charge in [0.15, 0.2) is 6.10 Å². The monoisotopic (exact) mass is 202 g/mol. The molecule has 1 N–H and O–H groups in total. The third-order valence-corrected chi connectivity index (χ3v) is 3.28. The summed E-state index contributed by atoms with van der Waals surface area (Å²) in [5.74, 6) is 0.420. The third kappa shape index (κ3) is 1.63. The molecule has 74 valence electrons. The van der Waals surface area contributed by atoms with Crippen molar-refractivity contribution < 1.29 is 9.38 Å². The summed E-state index contributed by atoms with van der Waals surface area (Å²) in [7, 11) is 1.73. The van der Waals surface area contributed by atoms with Gasteiger partial charge in [-0.05, 0) is 12.2 Å². The van der Waals surface area contributed by atoms with E-state index in [0.29, 0.717) is 17.6 Å². The molecule has 2 aliphatic heterocycles. The lowest BCUT2D eigenvalue weighted by Gasteiger charge is -2.37. The molecule has 0 radical (unpaired) electrons. The van der Waals surface area contributed by atoms with E-state index in [0.717, 1.165) is 19.5 Å². The van der Waals surface area contributed by atoms with Crippen molar-refractivity contribution in [2.75, 3.05) is 26.7 Å². The molecule has 2 rings (SSSR count). The molecule has 3 atom stereocenters. The Bertz CT molecular complexity index is 236. The van der Waals surface area contributed by atoms with Gasteiger partial charge in [0, 0.05) is 13.5 Å². The lowest BCUT2D eigenvalue weighted by Crippen LogP contribution is -2.42. The van der Waals surface area contributed by atoms with Gasteiger partial charge in [0.05, 0.1) is 19.0 Å². The zero-order valence-corrected chi connectivity index (χ0v) is 8.47. The zero-order valence-electron chi connectivity index (χ0n) is 7.66. The summed E-state index contributed by atoms with van der Waals surface area (Å²) in [6.07, 6.45) is 1.03. The van der Waals surface area contributed by atoms with Crippen LogP contribution in [0.3, 0.4) is 0 Å². The summed E-state index contributed by atoms with van der Waals surface area (Å²) in [4.78, 5) is 0. The summed E-state index contributed by atoms with van der Waals surface area (Å²) >= 11 is 4.90. The first kappa shape index (κ1) is 9.18. The maximum absolute atomic E-state index is 11.8. The number of nitrogens with one attached hydrogen (secondary N) is 1. The van der Waals surface area contributed by atoms with Gasteiger partial charge in [0.25, 0.3) is 5.17 Å². The van der Waals surface area contributed by atoms with Gasteiger partial charge in [-0.2, -0.15) is 0 Å². The number of ether oxygens (including phenoxy) is 1. The fraction of sp³-hybridized carbons (Fsp3) is 0.875. The Morgan fingerprint density at radius 1 is 1.62 bits per heavy atom. The van der Waals surface area contributed by atoms with E-state index in [1.165, 1.54) is 0 Å². The predicted octanol–water partition coefficient (Wildman–Crippen LogP) is 0.224. The van der Waals surface area contributed by atoms with E-state index >= 15 is 0 Å². The number of nitrogens with zero attached hydrogens (tertiary/aromatic N) is 1. The predicted molar refractivity (Wildman–Crippen MR) is 52.9 cm³/mol. The van der Waals surface area contributed by atoms with Crippen LogP contribution >= 0.6 is 12.2 Å². The number of hydrogen-bond donors (Lipinski definition) is 1. The topological polar surface area (TPSA) is 44.3 Å². The van der Waals surface area contributed by atoms with Gasteiger partial charge in [-0.15, -0.1) is 0 Å². The lowest BCUT2D eigenvalue weighted by atomic mass is 10.0. The number of piperidine rings is 1. The minimum absolute atomic E-state index is 0.0474. The summed E-state index contributed by atoms with van der Waals surface area (Å²) in [6.45, 7) is 2.06. The highest BCUT2D eigenvalue weighted by Crippen LogP contribution is 2.35. The molecule has 0 amide bonds. The van der Waals surface area contributed by atoms with Crippen LogP contribution in [0.2, 0.25) is 0 Å². The molecular weight excluding hydrogens is 188 g/mol. The second-order valence-electron chi connectivity index (χ2n) is 3.89. The largest absolute Gasteiger partial charge is 0.633 e. The van der Waals surface area contributed by atoms with E-state index < -0.39 is 0 Å². The molecule has 0 aliphatic carbocycles. The number of quaternary nitrogens is 1. The van der Waals surface area contributed by atoms with Crippen molar-refractivity contribution >= 4 is 17.4 Å². The second-order valence-corrected chi connectivity index (χ2v) is 4.26. The van der Waals surface area contributed by atoms with Crippen LogP contribution in [0.15, 0.2) is 0 Å². The normalized spacial score (nSPS) is 42.0. The average Bonchev–Trinajstić information content (AvgIpc) is 2.59. The van der Waals surface area contributed by atoms with Crippen LogP contribution in [-0.2, 0) is 4.74 Å². The van der Waals surface area contributed by atoms with Crippen LogP contribution in [0.5, 0.6) is 0 Å². The molecule has 2 saturated heterocycles. The highest BCUT2D eigenvalue weighted by Gasteiger charge is 2.48. The van der Waals surface area contributed by atoms with Gasteiger partial charge in [-0.25, -0.2) is 0 Å². The molecule has 0 aromatic rings. The summed E-state index contributed by atoms with van der Waals surface area (Å²) in [6, 6.07) is 0. The first-order valence-corrected chi connectivity index (χ1v) is 4.99. The number of thiocarbonyl (C=S) groups is 1. The Labute approximate surface area is 83.0 Å². The van der Waals surface area contributed by atoms with Crippen LogP contribution in [0.1, 0.15) is 6.42 Å². The number of fused-ring (bicyclic) bond motifs is 2. The molecule has 2 aliphatic rings. The van der Waals surface area contributed by atoms with E-state index in [2.05, 4.69) is 5.32 Å². The Morgan fingerprint density at radius 2 is 2.38 bits per heavy atom. The summed E-state index contributed by atoms with van der Waals surface area (Å²) in [5, 5.41) is 15.0. The van der Waals surface area contributed by atoms with Crippen molar-refractivity contribution in [2.45, 2.75) is 12.5 Å². The highest BCUT2D eigenvalue weighted by molar-refractivity contribution is 7.80. The van der Waals surface area contributed by atoms with Gasteiger partial charge in [0.1, 0.15) is 6.54 Å². The van der Waals surface area contributed by atoms with E-state index in [4.69, 9.17) is 17.0 Å². The van der Waals surface area contributed by atoms with E-state index in [9.17, 15) is 5.21 Å². The molecule has 4 nitrogen and oxygen atoms in total. The molecule has 0 spiro atoms. The van der Waals surface area contributed by atoms with Gasteiger partial charge >= 0.3 is 0 Å². The smallest absolute Gasteiger partial charge is 0.256 e.